The Morgan fingerprint density at radius 2 is 1.82 bits per heavy atom. The number of anilines is 3. The van der Waals surface area contributed by atoms with Crippen LogP contribution in [-0.4, -0.2) is 111 Å². The highest BCUT2D eigenvalue weighted by atomic mass is 35.5. The van der Waals surface area contributed by atoms with Gasteiger partial charge in [0.1, 0.15) is 27.4 Å². The number of amides is 4. The van der Waals surface area contributed by atoms with Crippen LogP contribution in [-0.2, 0) is 16.1 Å². The van der Waals surface area contributed by atoms with Crippen molar-refractivity contribution in [1.29, 1.82) is 0 Å². The molecule has 2 fully saturated rings. The number of fused-ring (bicyclic) bond motifs is 1. The largest absolute Gasteiger partial charge is 0.495 e. The molecule has 2 saturated heterocycles. The van der Waals surface area contributed by atoms with Gasteiger partial charge in [-0.15, -0.1) is 0 Å². The third kappa shape index (κ3) is 6.21. The monoisotopic (exact) mass is 660 g/mol. The van der Waals surface area contributed by atoms with Crippen LogP contribution < -0.4 is 29.5 Å². The molecule has 0 radical (unpaired) electrons. The van der Waals surface area contributed by atoms with Gasteiger partial charge in [-0.05, 0) is 32.5 Å². The lowest BCUT2D eigenvalue weighted by molar-refractivity contribution is -0.136. The Kier molecular flexibility index (Phi) is 9.61. The van der Waals surface area contributed by atoms with Crippen molar-refractivity contribution in [3.05, 3.63) is 40.5 Å². The number of benzene rings is 1. The van der Waals surface area contributed by atoms with E-state index in [9.17, 15) is 14.4 Å². The Morgan fingerprint density at radius 3 is 2.44 bits per heavy atom. The summed E-state index contributed by atoms with van der Waals surface area (Å²) in [5, 5.41) is 3.31. The fraction of sp³-hybridized carbons (Fsp3) is 0.500. The molecular formula is C30H38Cl2N8O5. The zero-order valence-electron chi connectivity index (χ0n) is 26.0. The van der Waals surface area contributed by atoms with Crippen LogP contribution in [0.15, 0.2) is 24.9 Å². The number of aromatic nitrogens is 2. The first-order chi connectivity index (χ1) is 21.5. The van der Waals surface area contributed by atoms with Gasteiger partial charge in [0.15, 0.2) is 0 Å². The van der Waals surface area contributed by atoms with Gasteiger partial charge in [-0.2, -0.15) is 4.98 Å². The molecule has 15 heteroatoms. The van der Waals surface area contributed by atoms with Crippen LogP contribution in [0.5, 0.6) is 11.5 Å². The second-order valence-corrected chi connectivity index (χ2v) is 12.3. The fourth-order valence-corrected chi connectivity index (χ4v) is 6.98. The van der Waals surface area contributed by atoms with E-state index in [1.165, 1.54) is 30.1 Å². The van der Waals surface area contributed by atoms with Gasteiger partial charge in [-0.1, -0.05) is 29.8 Å². The zero-order chi connectivity index (χ0) is 32.6. The molecule has 3 aliphatic heterocycles. The van der Waals surface area contributed by atoms with Gasteiger partial charge >= 0.3 is 6.03 Å². The van der Waals surface area contributed by atoms with Crippen LogP contribution in [0.2, 0.25) is 10.0 Å². The van der Waals surface area contributed by atoms with E-state index in [1.807, 2.05) is 23.9 Å². The molecule has 13 nitrogen and oxygen atoms in total. The molecule has 0 spiro atoms. The van der Waals surface area contributed by atoms with Gasteiger partial charge < -0.3 is 29.5 Å². The van der Waals surface area contributed by atoms with Gasteiger partial charge in [-0.25, -0.2) is 9.78 Å². The van der Waals surface area contributed by atoms with Gasteiger partial charge in [0.25, 0.3) is 0 Å². The zero-order valence-corrected chi connectivity index (χ0v) is 27.6. The minimum atomic E-state index is -0.417. The van der Waals surface area contributed by atoms with E-state index >= 15 is 0 Å². The van der Waals surface area contributed by atoms with Crippen molar-refractivity contribution in [2.75, 3.05) is 76.2 Å². The number of nitrogens with zero attached hydrogens (tertiary/aromatic N) is 7. The summed E-state index contributed by atoms with van der Waals surface area (Å²) in [4.78, 5) is 57.7. The maximum atomic E-state index is 13.7. The Balaban J connectivity index is 1.42. The molecule has 0 aliphatic carbocycles. The van der Waals surface area contributed by atoms with Crippen molar-refractivity contribution in [2.24, 2.45) is 5.92 Å². The molecule has 5 rings (SSSR count). The second-order valence-electron chi connectivity index (χ2n) is 11.5. The lowest BCUT2D eigenvalue weighted by Gasteiger charge is -2.36. The third-order valence-corrected chi connectivity index (χ3v) is 9.44. The van der Waals surface area contributed by atoms with Crippen molar-refractivity contribution in [3.8, 4) is 11.5 Å². The number of urea groups is 1. The summed E-state index contributed by atoms with van der Waals surface area (Å²) < 4.78 is 10.8. The molecule has 4 amide bonds. The van der Waals surface area contributed by atoms with Crippen LogP contribution in [0.25, 0.3) is 0 Å². The number of nitrogens with one attached hydrogen (secondary N) is 1. The first-order valence-electron chi connectivity index (χ1n) is 14.6. The van der Waals surface area contributed by atoms with E-state index in [0.717, 1.165) is 19.4 Å². The van der Waals surface area contributed by atoms with Crippen LogP contribution in [0.1, 0.15) is 18.4 Å². The number of ether oxygens (including phenoxy) is 2. The van der Waals surface area contributed by atoms with E-state index < -0.39 is 6.03 Å². The van der Waals surface area contributed by atoms with Crippen molar-refractivity contribution in [3.63, 3.8) is 0 Å². The van der Waals surface area contributed by atoms with Crippen LogP contribution in [0, 0.1) is 5.92 Å². The smallest absolute Gasteiger partial charge is 0.330 e. The predicted molar refractivity (Wildman–Crippen MR) is 173 cm³/mol. The van der Waals surface area contributed by atoms with Crippen molar-refractivity contribution in [1.82, 2.24) is 25.1 Å². The maximum Gasteiger partial charge on any atom is 0.330 e. The summed E-state index contributed by atoms with van der Waals surface area (Å²) >= 11 is 13.3. The molecule has 1 aromatic heterocycles. The van der Waals surface area contributed by atoms with E-state index in [1.54, 1.807) is 19.3 Å². The number of hydrogen-bond donors (Lipinski definition) is 1. The van der Waals surface area contributed by atoms with Crippen molar-refractivity contribution < 1.29 is 23.9 Å². The van der Waals surface area contributed by atoms with E-state index in [4.69, 9.17) is 37.7 Å². The molecule has 45 heavy (non-hydrogen) atoms. The number of methoxy groups -OCH3 is 2. The number of halogens is 2. The molecule has 3 aliphatic rings. The van der Waals surface area contributed by atoms with E-state index in [-0.39, 0.29) is 52.1 Å². The normalized spacial score (nSPS) is 21.8. The number of likely N-dealkylation sites (N-methyl/N-ethyl adjacent to an activating group) is 1. The Labute approximate surface area is 272 Å². The van der Waals surface area contributed by atoms with Gasteiger partial charge in [0.05, 0.1) is 44.5 Å². The van der Waals surface area contributed by atoms with Crippen molar-refractivity contribution >= 4 is 58.5 Å². The lowest BCUT2D eigenvalue weighted by atomic mass is 9.97. The Morgan fingerprint density at radius 1 is 1.13 bits per heavy atom. The molecule has 1 aromatic carbocycles. The van der Waals surface area contributed by atoms with Gasteiger partial charge in [0, 0.05) is 51.6 Å². The molecule has 1 N–H and O–H groups in total. The lowest BCUT2D eigenvalue weighted by Crippen LogP contribution is -2.50. The number of likely N-dealkylation sites (tertiary alicyclic amines) is 2. The molecule has 3 atom stereocenters. The molecule has 3 unspecified atom stereocenters. The number of rotatable bonds is 8. The number of piperidine rings is 1. The highest BCUT2D eigenvalue weighted by molar-refractivity contribution is 6.42. The molecular weight excluding hydrogens is 623 g/mol. The average molecular weight is 662 g/mol. The molecule has 2 aromatic rings. The topological polar surface area (TPSA) is 124 Å². The average Bonchev–Trinajstić information content (AvgIpc) is 3.46. The second kappa shape index (κ2) is 13.3. The highest BCUT2D eigenvalue weighted by Crippen LogP contribution is 2.47. The number of carbonyl (C=O) groups excluding carboxylic acids is 3. The van der Waals surface area contributed by atoms with E-state index in [2.05, 4.69) is 21.8 Å². The summed E-state index contributed by atoms with van der Waals surface area (Å²) in [7, 11) is 8.38. The van der Waals surface area contributed by atoms with Gasteiger partial charge in [-0.3, -0.25) is 19.4 Å². The minimum Gasteiger partial charge on any atom is -0.495 e. The number of carbonyl (C=O) groups is 3. The number of hydrogen-bond acceptors (Lipinski definition) is 9. The first-order valence-corrected chi connectivity index (χ1v) is 15.4. The first kappa shape index (κ1) is 32.6. The summed E-state index contributed by atoms with van der Waals surface area (Å²) in [6.07, 6.45) is 4.68. The van der Waals surface area contributed by atoms with Crippen LogP contribution in [0.4, 0.5) is 22.2 Å². The summed E-state index contributed by atoms with van der Waals surface area (Å²) in [5.41, 5.74) is 0.906. The maximum absolute atomic E-state index is 13.7. The summed E-state index contributed by atoms with van der Waals surface area (Å²) in [6, 6.07) is 0.439. The van der Waals surface area contributed by atoms with Crippen LogP contribution >= 0.6 is 23.2 Å². The summed E-state index contributed by atoms with van der Waals surface area (Å²) in [6.45, 7) is 6.11. The highest BCUT2D eigenvalue weighted by Gasteiger charge is 2.42. The summed E-state index contributed by atoms with van der Waals surface area (Å²) in [5.74, 6) is 1.04. The SMILES string of the molecule is C=CC(=O)NC1CN(C(=O)C2CCCN(C)C2)CC1N(C)c1ncc2c(n1)N(C)C(=O)N(c1c(Cl)c(OC)cc(OC)c1Cl)C2. The molecule has 0 saturated carbocycles. The Bertz CT molecular complexity index is 1480. The third-order valence-electron chi connectivity index (χ3n) is 8.71. The fourth-order valence-electron chi connectivity index (χ4n) is 6.27. The van der Waals surface area contributed by atoms with Crippen LogP contribution in [0.3, 0.4) is 0 Å². The molecule has 4 heterocycles. The standard InChI is InChI=1S/C30H38Cl2N8O5/c1-7-23(41)34-19-15-39(28(42)17-9-8-10-36(2)13-17)16-20(19)37(3)29-33-12-18-14-40(30(43)38(4)27(18)35-29)26-24(31)21(44-5)11-22(45-6)25(26)32/h7,11-12,17,19-20H,1,8-10,13-16H2,2-6H3,(H,34,41). The molecule has 242 valence electrons. The predicted octanol–water partition coefficient (Wildman–Crippen LogP) is 3.04. The van der Waals surface area contributed by atoms with Gasteiger partial charge in [0.2, 0.25) is 17.8 Å². The van der Waals surface area contributed by atoms with Crippen molar-refractivity contribution in [2.45, 2.75) is 31.5 Å². The minimum absolute atomic E-state index is 0.0820. The van der Waals surface area contributed by atoms with E-state index in [0.29, 0.717) is 48.5 Å². The Hall–Kier alpha value is -3.81. The quantitative estimate of drug-likeness (QED) is 0.426. The molecule has 0 bridgehead atoms.